The van der Waals surface area contributed by atoms with E-state index in [9.17, 15) is 19.8 Å². The van der Waals surface area contributed by atoms with Crippen LogP contribution in [0.5, 0.6) is 0 Å². The van der Waals surface area contributed by atoms with Crippen molar-refractivity contribution in [2.75, 3.05) is 6.61 Å². The van der Waals surface area contributed by atoms with Crippen LogP contribution in [0.1, 0.15) is 220 Å². The van der Waals surface area contributed by atoms with E-state index in [1.165, 1.54) is 57.8 Å². The van der Waals surface area contributed by atoms with Gasteiger partial charge >= 0.3 is 5.97 Å². The second-order valence-electron chi connectivity index (χ2n) is 17.2. The van der Waals surface area contributed by atoms with Gasteiger partial charge in [0, 0.05) is 6.42 Å². The molecule has 3 N–H and O–H groups in total. The van der Waals surface area contributed by atoms with E-state index in [1.54, 1.807) is 0 Å². The third-order valence-electron chi connectivity index (χ3n) is 11.1. The molecule has 0 aromatic rings. The van der Waals surface area contributed by atoms with Gasteiger partial charge in [0.05, 0.1) is 25.2 Å². The van der Waals surface area contributed by atoms with Crippen molar-refractivity contribution < 1.29 is 24.5 Å². The lowest BCUT2D eigenvalue weighted by Gasteiger charge is -2.24. The molecule has 0 radical (unpaired) electrons. The molecular weight excluding hydrogens is 791 g/mol. The standard InChI is InChI=1S/C58H97NO5/c1-4-7-10-13-16-19-22-25-27-28-29-30-31-33-36-39-42-45-48-51-58(63)64-54(49-46-43-40-37-34-32-26-23-20-17-14-11-8-5-2)52-57(62)59-55(53-60)56(61)50-47-44-41-38-35-24-21-18-15-12-9-6-3/h7-8,10-11,16-17,19-20,25-27,29-30,32-33,36,42,45,54-56,60-61H,4-6,9,12-15,18,21-24,28,31,34-35,37-41,43-44,46-53H2,1-3H3,(H,59,62)/b10-7-,11-8+,19-16-,20-17+,27-25-,30-29-,32-26+,36-33-,45-42-. The van der Waals surface area contributed by atoms with Gasteiger partial charge in [-0.1, -0.05) is 220 Å². The second kappa shape index (κ2) is 50.5. The summed E-state index contributed by atoms with van der Waals surface area (Å²) >= 11 is 0. The number of nitrogens with one attached hydrogen (secondary N) is 1. The number of aliphatic hydroxyl groups is 2. The fraction of sp³-hybridized carbons (Fsp3) is 0.655. The summed E-state index contributed by atoms with van der Waals surface area (Å²) in [6, 6.07) is -0.730. The Kier molecular flexibility index (Phi) is 47.8. The van der Waals surface area contributed by atoms with Crippen LogP contribution in [-0.2, 0) is 14.3 Å². The molecule has 0 spiro atoms. The summed E-state index contributed by atoms with van der Waals surface area (Å²) < 4.78 is 5.88. The Balaban J connectivity index is 4.75. The van der Waals surface area contributed by atoms with Crippen LogP contribution in [0.15, 0.2) is 109 Å². The third kappa shape index (κ3) is 45.1. The lowest BCUT2D eigenvalue weighted by molar-refractivity contribution is -0.150. The first-order valence-corrected chi connectivity index (χ1v) is 26.1. The number of amides is 1. The lowest BCUT2D eigenvalue weighted by atomic mass is 10.0. The van der Waals surface area contributed by atoms with Crippen molar-refractivity contribution >= 4 is 11.9 Å². The zero-order valence-corrected chi connectivity index (χ0v) is 41.4. The molecule has 0 rings (SSSR count). The third-order valence-corrected chi connectivity index (χ3v) is 11.1. The van der Waals surface area contributed by atoms with E-state index in [4.69, 9.17) is 4.74 Å². The van der Waals surface area contributed by atoms with Crippen LogP contribution in [0.3, 0.4) is 0 Å². The predicted octanol–water partition coefficient (Wildman–Crippen LogP) is 15.9. The van der Waals surface area contributed by atoms with Gasteiger partial charge in [-0.3, -0.25) is 9.59 Å². The Morgan fingerprint density at radius 3 is 1.28 bits per heavy atom. The van der Waals surface area contributed by atoms with Gasteiger partial charge in [0.2, 0.25) is 5.91 Å². The highest BCUT2D eigenvalue weighted by atomic mass is 16.5. The van der Waals surface area contributed by atoms with Gasteiger partial charge < -0.3 is 20.3 Å². The Morgan fingerprint density at radius 2 is 0.844 bits per heavy atom. The number of carbonyl (C=O) groups is 2. The average Bonchev–Trinajstić information content (AvgIpc) is 3.29. The summed E-state index contributed by atoms with van der Waals surface area (Å²) in [6.45, 7) is 6.22. The molecule has 1 amide bonds. The largest absolute Gasteiger partial charge is 0.462 e. The number of ether oxygens (including phenoxy) is 1. The highest BCUT2D eigenvalue weighted by molar-refractivity contribution is 5.77. The van der Waals surface area contributed by atoms with Gasteiger partial charge in [-0.2, -0.15) is 0 Å². The van der Waals surface area contributed by atoms with Crippen molar-refractivity contribution in [2.45, 2.75) is 238 Å². The SMILES string of the molecule is CC/C=C\C/C=C\C/C=C\C/C=C\C/C=C\C/C=C\CCC(=O)OC(CCCCCC/C=C/C/C=C/C/C=C/CC)CC(=O)NC(CO)C(O)CCCCCCCCCCCCCC. The van der Waals surface area contributed by atoms with Crippen LogP contribution < -0.4 is 5.32 Å². The average molecular weight is 888 g/mol. The number of aliphatic hydroxyl groups excluding tert-OH is 2. The predicted molar refractivity (Wildman–Crippen MR) is 277 cm³/mol. The smallest absolute Gasteiger partial charge is 0.306 e. The summed E-state index contributed by atoms with van der Waals surface area (Å²) in [7, 11) is 0. The molecule has 6 heteroatoms. The molecule has 0 heterocycles. The van der Waals surface area contributed by atoms with Crippen LogP contribution in [-0.4, -0.2) is 46.9 Å². The minimum absolute atomic E-state index is 0.0258. The Labute approximate surface area is 394 Å². The maximum atomic E-state index is 13.2. The van der Waals surface area contributed by atoms with Crippen molar-refractivity contribution in [2.24, 2.45) is 0 Å². The molecule has 364 valence electrons. The molecule has 0 bridgehead atoms. The number of esters is 1. The van der Waals surface area contributed by atoms with Crippen LogP contribution in [0.25, 0.3) is 0 Å². The van der Waals surface area contributed by atoms with Crippen molar-refractivity contribution in [1.82, 2.24) is 5.32 Å². The molecule has 0 aliphatic carbocycles. The zero-order valence-electron chi connectivity index (χ0n) is 41.4. The Bertz CT molecular complexity index is 1320. The summed E-state index contributed by atoms with van der Waals surface area (Å²) in [5.74, 6) is -0.605. The van der Waals surface area contributed by atoms with Gasteiger partial charge in [0.25, 0.3) is 0 Å². The van der Waals surface area contributed by atoms with E-state index in [-0.39, 0.29) is 31.3 Å². The minimum Gasteiger partial charge on any atom is -0.462 e. The molecule has 0 aliphatic rings. The number of allylic oxidation sites excluding steroid dienone is 18. The zero-order chi connectivity index (χ0) is 46.7. The van der Waals surface area contributed by atoms with E-state index in [2.05, 4.69) is 129 Å². The second-order valence-corrected chi connectivity index (χ2v) is 17.2. The molecule has 0 fully saturated rings. The van der Waals surface area contributed by atoms with Crippen LogP contribution in [0.2, 0.25) is 0 Å². The van der Waals surface area contributed by atoms with Crippen molar-refractivity contribution in [3.8, 4) is 0 Å². The van der Waals surface area contributed by atoms with E-state index < -0.39 is 18.2 Å². The Hall–Kier alpha value is -3.48. The molecular formula is C58H97NO5. The topological polar surface area (TPSA) is 95.9 Å². The molecule has 0 aliphatic heterocycles. The maximum absolute atomic E-state index is 13.2. The number of carbonyl (C=O) groups excluding carboxylic acids is 2. The van der Waals surface area contributed by atoms with E-state index in [0.717, 1.165) is 109 Å². The quantitative estimate of drug-likeness (QED) is 0.0322. The van der Waals surface area contributed by atoms with E-state index in [1.807, 2.05) is 6.08 Å². The van der Waals surface area contributed by atoms with E-state index in [0.29, 0.717) is 19.3 Å². The van der Waals surface area contributed by atoms with Crippen LogP contribution in [0.4, 0.5) is 0 Å². The number of hydrogen-bond acceptors (Lipinski definition) is 5. The molecule has 0 aromatic carbocycles. The molecule has 0 saturated heterocycles. The minimum atomic E-state index is -0.813. The highest BCUT2D eigenvalue weighted by Crippen LogP contribution is 2.17. The number of rotatable bonds is 45. The van der Waals surface area contributed by atoms with Crippen LogP contribution in [0, 0.1) is 0 Å². The lowest BCUT2D eigenvalue weighted by Crippen LogP contribution is -2.46. The van der Waals surface area contributed by atoms with Gasteiger partial charge in [0.15, 0.2) is 0 Å². The van der Waals surface area contributed by atoms with Crippen molar-refractivity contribution in [1.29, 1.82) is 0 Å². The summed E-state index contributed by atoms with van der Waals surface area (Å²) in [4.78, 5) is 26.1. The summed E-state index contributed by atoms with van der Waals surface area (Å²) in [6.07, 6.45) is 68.7. The number of hydrogen-bond donors (Lipinski definition) is 3. The summed E-state index contributed by atoms with van der Waals surface area (Å²) in [5.41, 5.74) is 0. The van der Waals surface area contributed by atoms with Crippen molar-refractivity contribution in [3.05, 3.63) is 109 Å². The molecule has 0 aromatic heterocycles. The van der Waals surface area contributed by atoms with Gasteiger partial charge in [-0.05, 0) is 96.3 Å². The molecule has 6 nitrogen and oxygen atoms in total. The van der Waals surface area contributed by atoms with Crippen molar-refractivity contribution in [3.63, 3.8) is 0 Å². The molecule has 3 atom stereocenters. The van der Waals surface area contributed by atoms with Gasteiger partial charge in [-0.15, -0.1) is 0 Å². The first-order valence-electron chi connectivity index (χ1n) is 26.1. The maximum Gasteiger partial charge on any atom is 0.306 e. The summed E-state index contributed by atoms with van der Waals surface area (Å²) in [5, 5.41) is 23.7. The Morgan fingerprint density at radius 1 is 0.469 bits per heavy atom. The molecule has 64 heavy (non-hydrogen) atoms. The normalized spacial score (nSPS) is 14.1. The molecule has 0 saturated carbocycles. The first-order chi connectivity index (χ1) is 31.5. The molecule has 3 unspecified atom stereocenters. The highest BCUT2D eigenvalue weighted by Gasteiger charge is 2.24. The van der Waals surface area contributed by atoms with Crippen LogP contribution >= 0.6 is 0 Å². The monoisotopic (exact) mass is 888 g/mol. The van der Waals surface area contributed by atoms with Gasteiger partial charge in [0.1, 0.15) is 6.10 Å². The van der Waals surface area contributed by atoms with Gasteiger partial charge in [-0.25, -0.2) is 0 Å². The number of unbranched alkanes of at least 4 members (excludes halogenated alkanes) is 15. The van der Waals surface area contributed by atoms with E-state index >= 15 is 0 Å². The first kappa shape index (κ1) is 60.5. The fourth-order valence-corrected chi connectivity index (χ4v) is 7.23. The fourth-order valence-electron chi connectivity index (χ4n) is 7.23.